The Morgan fingerprint density at radius 3 is 2.40 bits per heavy atom. The highest BCUT2D eigenvalue weighted by atomic mass is 16.5. The van der Waals surface area contributed by atoms with Crippen LogP contribution in [0.15, 0.2) is 48.5 Å². The summed E-state index contributed by atoms with van der Waals surface area (Å²) in [6.45, 7) is 4.89. The lowest BCUT2D eigenvalue weighted by molar-refractivity contribution is -0.151. The van der Waals surface area contributed by atoms with E-state index in [-0.39, 0.29) is 17.7 Å². The average Bonchev–Trinajstić information content (AvgIpc) is 3.32. The molecule has 1 aliphatic heterocycles. The van der Waals surface area contributed by atoms with Crippen molar-refractivity contribution in [3.63, 3.8) is 0 Å². The summed E-state index contributed by atoms with van der Waals surface area (Å²) in [6, 6.07) is 13.3. The van der Waals surface area contributed by atoms with Crippen molar-refractivity contribution in [3.05, 3.63) is 59.7 Å². The zero-order valence-electron chi connectivity index (χ0n) is 20.3. The number of benzene rings is 2. The van der Waals surface area contributed by atoms with E-state index >= 15 is 0 Å². The molecule has 1 spiro atoms. The molecule has 184 valence electrons. The van der Waals surface area contributed by atoms with Gasteiger partial charge in [-0.05, 0) is 49.4 Å². The number of esters is 1. The fourth-order valence-corrected chi connectivity index (χ4v) is 4.96. The van der Waals surface area contributed by atoms with E-state index in [2.05, 4.69) is 10.6 Å². The molecule has 1 heterocycles. The van der Waals surface area contributed by atoms with E-state index in [9.17, 15) is 19.2 Å². The van der Waals surface area contributed by atoms with Crippen molar-refractivity contribution in [2.24, 2.45) is 5.92 Å². The van der Waals surface area contributed by atoms with E-state index in [4.69, 9.17) is 4.74 Å². The summed E-state index contributed by atoms with van der Waals surface area (Å²) < 4.78 is 5.42. The van der Waals surface area contributed by atoms with Crippen molar-refractivity contribution in [2.45, 2.75) is 58.0 Å². The molecular weight excluding hydrogens is 446 g/mol. The molecule has 35 heavy (non-hydrogen) atoms. The molecule has 8 nitrogen and oxygen atoms in total. The van der Waals surface area contributed by atoms with Gasteiger partial charge in [-0.1, -0.05) is 57.0 Å². The minimum Gasteiger partial charge on any atom is -0.454 e. The first-order valence-corrected chi connectivity index (χ1v) is 12.0. The predicted molar refractivity (Wildman–Crippen MR) is 132 cm³/mol. The molecule has 0 saturated heterocycles. The molecule has 4 rings (SSSR count). The van der Waals surface area contributed by atoms with E-state index < -0.39 is 30.1 Å². The van der Waals surface area contributed by atoms with Crippen LogP contribution in [-0.2, 0) is 19.1 Å². The quantitative estimate of drug-likeness (QED) is 0.619. The van der Waals surface area contributed by atoms with Crippen LogP contribution in [0.1, 0.15) is 55.5 Å². The van der Waals surface area contributed by atoms with Crippen LogP contribution in [0.3, 0.4) is 0 Å². The summed E-state index contributed by atoms with van der Waals surface area (Å²) in [5.41, 5.74) is 1.44. The van der Waals surface area contributed by atoms with Gasteiger partial charge in [-0.2, -0.15) is 0 Å². The molecule has 0 bridgehead atoms. The van der Waals surface area contributed by atoms with Gasteiger partial charge in [0.05, 0.1) is 11.4 Å². The van der Waals surface area contributed by atoms with Crippen molar-refractivity contribution in [3.8, 4) is 0 Å². The lowest BCUT2D eigenvalue weighted by Gasteiger charge is -2.44. The minimum absolute atomic E-state index is 0.209. The van der Waals surface area contributed by atoms with Gasteiger partial charge in [0.25, 0.3) is 17.7 Å². The van der Waals surface area contributed by atoms with E-state index in [0.717, 1.165) is 18.4 Å². The van der Waals surface area contributed by atoms with Gasteiger partial charge in [-0.25, -0.2) is 4.79 Å². The number of hydrogen-bond acceptors (Lipinski definition) is 5. The maximum absolute atomic E-state index is 13.4. The minimum atomic E-state index is -0.978. The number of anilines is 2. The van der Waals surface area contributed by atoms with Crippen LogP contribution in [0.5, 0.6) is 0 Å². The molecule has 8 heteroatoms. The summed E-state index contributed by atoms with van der Waals surface area (Å²) >= 11 is 0. The van der Waals surface area contributed by atoms with Gasteiger partial charge < -0.3 is 15.4 Å². The number of nitrogens with one attached hydrogen (secondary N) is 2. The Labute approximate surface area is 205 Å². The highest BCUT2D eigenvalue weighted by molar-refractivity contribution is 6.15. The van der Waals surface area contributed by atoms with Crippen LogP contribution >= 0.6 is 0 Å². The van der Waals surface area contributed by atoms with Gasteiger partial charge in [-0.15, -0.1) is 0 Å². The van der Waals surface area contributed by atoms with E-state index in [1.165, 1.54) is 4.90 Å². The Bertz CT molecular complexity index is 1150. The fourth-order valence-electron chi connectivity index (χ4n) is 4.96. The largest absolute Gasteiger partial charge is 0.454 e. The second-order valence-electron chi connectivity index (χ2n) is 9.56. The Morgan fingerprint density at radius 2 is 1.71 bits per heavy atom. The van der Waals surface area contributed by atoms with Crippen molar-refractivity contribution in [2.75, 3.05) is 16.8 Å². The third-order valence-electron chi connectivity index (χ3n) is 6.86. The number of para-hydroxylation sites is 2. The molecule has 1 saturated carbocycles. The summed E-state index contributed by atoms with van der Waals surface area (Å²) in [5.74, 6) is -2.00. The second kappa shape index (κ2) is 9.90. The van der Waals surface area contributed by atoms with Gasteiger partial charge in [0, 0.05) is 5.56 Å². The zero-order valence-corrected chi connectivity index (χ0v) is 20.3. The molecule has 3 amide bonds. The maximum atomic E-state index is 13.4. The van der Waals surface area contributed by atoms with Crippen LogP contribution in [0.25, 0.3) is 0 Å². The molecule has 1 aliphatic carbocycles. The molecule has 0 radical (unpaired) electrons. The van der Waals surface area contributed by atoms with Crippen molar-refractivity contribution >= 4 is 35.1 Å². The molecule has 0 aromatic heterocycles. The second-order valence-corrected chi connectivity index (χ2v) is 9.56. The number of amides is 3. The number of aryl methyl sites for hydroxylation is 1. The van der Waals surface area contributed by atoms with Gasteiger partial charge in [0.1, 0.15) is 11.6 Å². The van der Waals surface area contributed by atoms with Crippen molar-refractivity contribution < 1.29 is 23.9 Å². The number of ether oxygens (including phenoxy) is 1. The molecule has 2 aliphatic rings. The molecule has 1 fully saturated rings. The van der Waals surface area contributed by atoms with Gasteiger partial charge in [0.2, 0.25) is 0 Å². The fraction of sp³-hybridized carbons (Fsp3) is 0.407. The third kappa shape index (κ3) is 4.65. The Hall–Kier alpha value is -3.68. The Morgan fingerprint density at radius 1 is 1.06 bits per heavy atom. The summed E-state index contributed by atoms with van der Waals surface area (Å²) in [7, 11) is 0. The maximum Gasteiger partial charge on any atom is 0.329 e. The normalized spacial score (nSPS) is 17.0. The first kappa shape index (κ1) is 24.4. The molecule has 2 aromatic carbocycles. The Kier molecular flexibility index (Phi) is 6.91. The standard InChI is InChI=1S/C27H31N3O5/c1-17(2)23(29-24(32)19-11-5-4-10-18(19)3)25(33)35-16-22(31)30-21-13-7-6-12-20(21)28-26(34)27(30)14-8-9-15-27/h4-7,10-13,17,23H,8-9,14-16H2,1-3H3,(H,28,34)(H,29,32)/t23-/m0/s1. The predicted octanol–water partition coefficient (Wildman–Crippen LogP) is 3.59. The van der Waals surface area contributed by atoms with Crippen LogP contribution in [-0.4, -0.2) is 41.9 Å². The highest BCUT2D eigenvalue weighted by Crippen LogP contribution is 2.45. The Balaban J connectivity index is 1.50. The molecule has 2 N–H and O–H groups in total. The summed E-state index contributed by atoms with van der Waals surface area (Å²) in [4.78, 5) is 53.7. The summed E-state index contributed by atoms with van der Waals surface area (Å²) in [5, 5.41) is 5.67. The number of carbonyl (C=O) groups excluding carboxylic acids is 4. The van der Waals surface area contributed by atoms with Gasteiger partial charge in [-0.3, -0.25) is 19.3 Å². The first-order chi connectivity index (χ1) is 16.7. The van der Waals surface area contributed by atoms with E-state index in [0.29, 0.717) is 29.8 Å². The van der Waals surface area contributed by atoms with Crippen LogP contribution in [0.4, 0.5) is 11.4 Å². The lowest BCUT2D eigenvalue weighted by atomic mass is 9.90. The van der Waals surface area contributed by atoms with Crippen molar-refractivity contribution in [1.29, 1.82) is 0 Å². The SMILES string of the molecule is Cc1ccccc1C(=O)N[C@H](C(=O)OCC(=O)N1c2ccccc2NC(=O)C12CCCC2)C(C)C. The molecule has 0 unspecified atom stereocenters. The lowest BCUT2D eigenvalue weighted by Crippen LogP contribution is -2.61. The molecule has 2 aromatic rings. The van der Waals surface area contributed by atoms with Gasteiger partial charge in [0.15, 0.2) is 6.61 Å². The number of nitrogens with zero attached hydrogens (tertiary/aromatic N) is 1. The van der Waals surface area contributed by atoms with Crippen LogP contribution in [0, 0.1) is 12.8 Å². The summed E-state index contributed by atoms with van der Waals surface area (Å²) in [6.07, 6.45) is 2.76. The zero-order chi connectivity index (χ0) is 25.2. The number of fused-ring (bicyclic) bond motifs is 1. The number of rotatable bonds is 6. The van der Waals surface area contributed by atoms with E-state index in [1.807, 2.05) is 19.1 Å². The highest BCUT2D eigenvalue weighted by Gasteiger charge is 2.52. The monoisotopic (exact) mass is 477 g/mol. The first-order valence-electron chi connectivity index (χ1n) is 12.0. The van der Waals surface area contributed by atoms with Crippen molar-refractivity contribution in [1.82, 2.24) is 5.32 Å². The molecule has 1 atom stereocenters. The molecular formula is C27H31N3O5. The van der Waals surface area contributed by atoms with Crippen LogP contribution < -0.4 is 15.5 Å². The topological polar surface area (TPSA) is 105 Å². The smallest absolute Gasteiger partial charge is 0.329 e. The van der Waals surface area contributed by atoms with Crippen LogP contribution in [0.2, 0.25) is 0 Å². The third-order valence-corrected chi connectivity index (χ3v) is 6.86. The van der Waals surface area contributed by atoms with Gasteiger partial charge >= 0.3 is 5.97 Å². The number of carbonyl (C=O) groups is 4. The van der Waals surface area contributed by atoms with E-state index in [1.54, 1.807) is 50.2 Å². The number of hydrogen-bond donors (Lipinski definition) is 2. The average molecular weight is 478 g/mol.